The molecule has 0 aromatic carbocycles. The van der Waals surface area contributed by atoms with Gasteiger partial charge in [0.2, 0.25) is 5.79 Å². The van der Waals surface area contributed by atoms with Crippen LogP contribution in [0.5, 0.6) is 0 Å². The van der Waals surface area contributed by atoms with Gasteiger partial charge < -0.3 is 38.8 Å². The lowest BCUT2D eigenvalue weighted by molar-refractivity contribution is -0.265. The number of esters is 1. The van der Waals surface area contributed by atoms with Gasteiger partial charge in [0, 0.05) is 87.4 Å². The molecule has 2 saturated heterocycles. The summed E-state index contributed by atoms with van der Waals surface area (Å²) in [5.41, 5.74) is 1.29. The van der Waals surface area contributed by atoms with Gasteiger partial charge in [0.05, 0.1) is 18.3 Å². The normalized spacial score (nSPS) is 40.0. The van der Waals surface area contributed by atoms with Gasteiger partial charge in [0.15, 0.2) is 5.78 Å². The molecule has 3 aliphatic heterocycles. The maximum absolute atomic E-state index is 14.4. The summed E-state index contributed by atoms with van der Waals surface area (Å²) < 4.78 is 33.1. The van der Waals surface area contributed by atoms with Crippen LogP contribution in [0, 0.1) is 35.5 Å². The SMILES string of the molecule is CO[C@H]1C[C@@H]2CC[C@@H](C)[C@@](O)(O2)C(=O)C(=O)N2CCCCC2C(=O)O[C@H]([C@H](C)CC2CCC(NI)[C@H](OC)C2)CC(=O)[C@H](C)/C=C(\C)[C@@H](O)[C@@H](OC)C(=O)[C@H](C)C[C@H](C)/C=C/C=C/C=C/1C. The number of halogens is 1. The van der Waals surface area contributed by atoms with E-state index in [1.165, 1.54) is 12.0 Å². The van der Waals surface area contributed by atoms with Crippen molar-refractivity contribution in [3.05, 3.63) is 47.6 Å². The number of fused-ring (bicyclic) bond motifs is 3. The standard InChI is InChI=1S/C51H79IN2O12/c1-30-16-12-11-13-17-31(2)42(62-8)28-38-21-19-36(7)51(61,66-38)48(58)49(59)54-23-15-14-18-40(54)50(60)65-43(33(4)26-37-20-22-39(53-52)44(27-37)63-9)29-41(55)32(3)25-35(6)46(57)47(64-10)45(56)34(5)24-30/h11-13,16-17,25,30,32-34,36-40,42-44,46-47,53,57,61H,14-15,18-24,26-29H2,1-10H3/b13-11+,16-12+,31-17+,35-25+/t30-,32-,33-,34-,36-,37?,38+,39?,40?,42+,43+,44-,46-,47+,51-/m1/s1. The summed E-state index contributed by atoms with van der Waals surface area (Å²) in [6.45, 7) is 12.9. The van der Waals surface area contributed by atoms with Crippen molar-refractivity contribution >= 4 is 52.1 Å². The maximum atomic E-state index is 14.4. The molecule has 4 rings (SSSR count). The molecule has 0 aromatic heterocycles. The van der Waals surface area contributed by atoms with Crippen molar-refractivity contribution in [3.8, 4) is 0 Å². The number of aliphatic hydroxyl groups is 2. The van der Waals surface area contributed by atoms with Gasteiger partial charge in [0.25, 0.3) is 11.7 Å². The van der Waals surface area contributed by atoms with Gasteiger partial charge in [0.1, 0.15) is 30.1 Å². The molecule has 4 aliphatic rings. The Kier molecular flexibility index (Phi) is 22.4. The van der Waals surface area contributed by atoms with Gasteiger partial charge in [-0.05, 0) is 107 Å². The molecule has 3 heterocycles. The Balaban J connectivity index is 1.70. The predicted octanol–water partition coefficient (Wildman–Crippen LogP) is 7.13. The topological polar surface area (TPSA) is 187 Å². The number of hydrogen-bond donors (Lipinski definition) is 3. The fraction of sp³-hybridized carbons (Fsp3) is 0.745. The highest BCUT2D eigenvalue weighted by atomic mass is 127. The molecule has 14 nitrogen and oxygen atoms in total. The first-order chi connectivity index (χ1) is 31.3. The van der Waals surface area contributed by atoms with Crippen molar-refractivity contribution in [3.63, 3.8) is 0 Å². The zero-order valence-electron chi connectivity index (χ0n) is 41.0. The van der Waals surface area contributed by atoms with E-state index in [-0.39, 0.29) is 60.9 Å². The number of aliphatic hydroxyl groups excluding tert-OH is 1. The predicted molar refractivity (Wildman–Crippen MR) is 260 cm³/mol. The molecule has 15 heteroatoms. The summed E-state index contributed by atoms with van der Waals surface area (Å²) >= 11 is 2.16. The number of methoxy groups -OCH3 is 3. The van der Waals surface area contributed by atoms with Crippen LogP contribution in [0.2, 0.25) is 0 Å². The smallest absolute Gasteiger partial charge is 0.329 e. The number of carbonyl (C=O) groups excluding carboxylic acids is 5. The highest BCUT2D eigenvalue weighted by Crippen LogP contribution is 2.38. The van der Waals surface area contributed by atoms with Gasteiger partial charge in [-0.15, -0.1) is 0 Å². The largest absolute Gasteiger partial charge is 0.460 e. The second-order valence-corrected chi connectivity index (χ2v) is 20.4. The first kappa shape index (κ1) is 56.0. The molecule has 3 N–H and O–H groups in total. The van der Waals surface area contributed by atoms with Crippen LogP contribution in [0.3, 0.4) is 0 Å². The van der Waals surface area contributed by atoms with Gasteiger partial charge in [-0.1, -0.05) is 71.1 Å². The van der Waals surface area contributed by atoms with Crippen LogP contribution < -0.4 is 3.53 Å². The Bertz CT molecular complexity index is 1780. The van der Waals surface area contributed by atoms with Crippen LogP contribution in [-0.4, -0.2) is 127 Å². The van der Waals surface area contributed by atoms with E-state index in [2.05, 4.69) is 26.4 Å². The summed E-state index contributed by atoms with van der Waals surface area (Å²) in [6, 6.07) is -0.913. The summed E-state index contributed by atoms with van der Waals surface area (Å²) in [5, 5.41) is 23.4. The molecule has 3 fully saturated rings. The molecule has 66 heavy (non-hydrogen) atoms. The van der Waals surface area contributed by atoms with E-state index in [1.54, 1.807) is 41.1 Å². The Morgan fingerprint density at radius 1 is 0.894 bits per heavy atom. The van der Waals surface area contributed by atoms with Crippen LogP contribution in [0.15, 0.2) is 47.6 Å². The third kappa shape index (κ3) is 14.7. The number of carbonyl (C=O) groups is 5. The van der Waals surface area contributed by atoms with Crippen molar-refractivity contribution in [2.45, 2.75) is 180 Å². The van der Waals surface area contributed by atoms with Crippen LogP contribution in [0.25, 0.3) is 0 Å². The van der Waals surface area contributed by atoms with Crippen LogP contribution in [0.1, 0.15) is 126 Å². The van der Waals surface area contributed by atoms with Crippen LogP contribution in [-0.2, 0) is 47.7 Å². The monoisotopic (exact) mass is 1040 g/mol. The Morgan fingerprint density at radius 2 is 1.62 bits per heavy atom. The van der Waals surface area contributed by atoms with Crippen molar-refractivity contribution in [2.24, 2.45) is 35.5 Å². The minimum absolute atomic E-state index is 0.00331. The lowest BCUT2D eigenvalue weighted by Crippen LogP contribution is -2.61. The molecular weight excluding hydrogens is 959 g/mol. The molecule has 0 aromatic rings. The van der Waals surface area contributed by atoms with E-state index < -0.39 is 77.8 Å². The molecular formula is C51H79IN2O12. The number of ketones is 3. The van der Waals surface area contributed by atoms with E-state index in [0.717, 1.165) is 24.8 Å². The maximum Gasteiger partial charge on any atom is 0.329 e. The second kappa shape index (κ2) is 26.4. The molecule has 1 aliphatic carbocycles. The molecule has 0 radical (unpaired) electrons. The Morgan fingerprint density at radius 3 is 2.29 bits per heavy atom. The third-order valence-electron chi connectivity index (χ3n) is 14.7. The lowest BCUT2D eigenvalue weighted by Gasteiger charge is -2.42. The molecule has 0 spiro atoms. The fourth-order valence-corrected chi connectivity index (χ4v) is 11.0. The highest BCUT2D eigenvalue weighted by molar-refractivity contribution is 14.1. The first-order valence-electron chi connectivity index (χ1n) is 24.1. The average molecular weight is 1040 g/mol. The molecule has 2 bridgehead atoms. The number of rotatable bonds is 7. The number of ether oxygens (including phenoxy) is 5. The molecule has 3 unspecified atom stereocenters. The number of piperidine rings is 1. The number of nitrogens with one attached hydrogen (secondary N) is 1. The van der Waals surface area contributed by atoms with Gasteiger partial charge in [-0.2, -0.15) is 0 Å². The zero-order chi connectivity index (χ0) is 48.9. The fourth-order valence-electron chi connectivity index (χ4n) is 10.3. The van der Waals surface area contributed by atoms with Crippen molar-refractivity contribution in [1.82, 2.24) is 8.43 Å². The summed E-state index contributed by atoms with van der Waals surface area (Å²) in [5.74, 6) is -7.61. The summed E-state index contributed by atoms with van der Waals surface area (Å²) in [7, 11) is 4.68. The number of cyclic esters (lactones) is 1. The highest BCUT2D eigenvalue weighted by Gasteiger charge is 2.53. The molecule has 372 valence electrons. The zero-order valence-corrected chi connectivity index (χ0v) is 43.2. The number of nitrogens with zero attached hydrogens (tertiary/aromatic N) is 1. The minimum Gasteiger partial charge on any atom is -0.460 e. The van der Waals surface area contributed by atoms with Gasteiger partial charge >= 0.3 is 5.97 Å². The molecule has 15 atom stereocenters. The van der Waals surface area contributed by atoms with Crippen molar-refractivity contribution < 1.29 is 57.9 Å². The number of amides is 1. The van der Waals surface area contributed by atoms with E-state index in [4.69, 9.17) is 23.7 Å². The molecule has 1 amide bonds. The van der Waals surface area contributed by atoms with Crippen molar-refractivity contribution in [1.29, 1.82) is 0 Å². The quantitative estimate of drug-likeness (QED) is 0.0770. The second-order valence-electron chi connectivity index (χ2n) is 19.7. The van der Waals surface area contributed by atoms with Gasteiger partial charge in [-0.25, -0.2) is 4.79 Å². The van der Waals surface area contributed by atoms with Crippen LogP contribution >= 0.6 is 22.9 Å². The van der Waals surface area contributed by atoms with Crippen molar-refractivity contribution in [2.75, 3.05) is 27.9 Å². The number of allylic oxidation sites excluding steroid dienone is 6. The number of Topliss-reactive ketones (excluding diaryl/α,β-unsaturated/α-hetero) is 3. The minimum atomic E-state index is -2.42. The third-order valence-corrected chi connectivity index (χ3v) is 15.5. The molecule has 1 saturated carbocycles. The summed E-state index contributed by atoms with van der Waals surface area (Å²) in [4.78, 5) is 72.0. The van der Waals surface area contributed by atoms with E-state index >= 15 is 0 Å². The van der Waals surface area contributed by atoms with Gasteiger partial charge in [-0.3, -0.25) is 22.7 Å². The van der Waals surface area contributed by atoms with E-state index in [9.17, 15) is 34.2 Å². The average Bonchev–Trinajstić information content (AvgIpc) is 3.30. The lowest BCUT2D eigenvalue weighted by atomic mass is 9.78. The Hall–Kier alpha value is -2.64. The van der Waals surface area contributed by atoms with E-state index in [1.807, 2.05) is 58.1 Å². The summed E-state index contributed by atoms with van der Waals surface area (Å²) in [6.07, 6.45) is 13.2. The number of hydrogen-bond acceptors (Lipinski definition) is 13. The van der Waals surface area contributed by atoms with E-state index in [0.29, 0.717) is 50.5 Å². The first-order valence-corrected chi connectivity index (χ1v) is 25.2. The Labute approximate surface area is 407 Å². The van der Waals surface area contributed by atoms with Crippen LogP contribution in [0.4, 0.5) is 0 Å².